The number of methoxy groups -OCH3 is 1. The lowest BCUT2D eigenvalue weighted by atomic mass is 9.82. The van der Waals surface area contributed by atoms with Crippen LogP contribution in [0.25, 0.3) is 5.82 Å². The third-order valence-corrected chi connectivity index (χ3v) is 6.94. The number of pyridine rings is 1. The summed E-state index contributed by atoms with van der Waals surface area (Å²) in [5.74, 6) is -0.649. The Kier molecular flexibility index (Phi) is 7.20. The Morgan fingerprint density at radius 1 is 1.30 bits per heavy atom. The van der Waals surface area contributed by atoms with Gasteiger partial charge in [-0.15, -0.1) is 0 Å². The van der Waals surface area contributed by atoms with Crippen LogP contribution < -0.4 is 15.4 Å². The van der Waals surface area contributed by atoms with Gasteiger partial charge in [-0.05, 0) is 54.7 Å². The Balaban J connectivity index is 1.50. The minimum Gasteiger partial charge on any atom is -0.484 e. The summed E-state index contributed by atoms with van der Waals surface area (Å²) in [6, 6.07) is 9.76. The van der Waals surface area contributed by atoms with Gasteiger partial charge in [0, 0.05) is 32.9 Å². The molecule has 0 radical (unpaired) electrons. The number of halogens is 3. The average molecular weight is 555 g/mol. The lowest BCUT2D eigenvalue weighted by Gasteiger charge is -2.35. The number of benzene rings is 1. The number of nitrogens with one attached hydrogen (secondary N) is 2. The lowest BCUT2D eigenvalue weighted by Crippen LogP contribution is -2.50. The highest BCUT2D eigenvalue weighted by Crippen LogP contribution is 2.44. The highest BCUT2D eigenvalue weighted by Gasteiger charge is 2.47. The number of aromatic nitrogens is 3. The molecule has 0 saturated carbocycles. The lowest BCUT2D eigenvalue weighted by molar-refractivity contribution is -0.153. The van der Waals surface area contributed by atoms with E-state index < -0.39 is 30.1 Å². The van der Waals surface area contributed by atoms with Gasteiger partial charge in [-0.1, -0.05) is 6.07 Å². The van der Waals surface area contributed by atoms with Crippen LogP contribution in [0.4, 0.5) is 13.2 Å². The minimum atomic E-state index is -4.45. The number of hydrogen-bond acceptors (Lipinski definition) is 7. The number of carbonyl (C=O) groups is 2. The van der Waals surface area contributed by atoms with Gasteiger partial charge in [0.15, 0.2) is 12.4 Å². The van der Waals surface area contributed by atoms with Crippen molar-refractivity contribution >= 4 is 11.8 Å². The van der Waals surface area contributed by atoms with E-state index in [9.17, 15) is 22.8 Å². The highest BCUT2D eigenvalue weighted by atomic mass is 19.4. The fourth-order valence-electron chi connectivity index (χ4n) is 5.19. The smallest absolute Gasteiger partial charge is 0.422 e. The number of rotatable bonds is 8. The van der Waals surface area contributed by atoms with E-state index in [0.29, 0.717) is 43.7 Å². The Morgan fingerprint density at radius 2 is 2.12 bits per heavy atom. The van der Waals surface area contributed by atoms with Gasteiger partial charge in [0.05, 0.1) is 22.4 Å². The van der Waals surface area contributed by atoms with Crippen molar-refractivity contribution in [1.82, 2.24) is 25.4 Å². The van der Waals surface area contributed by atoms with Crippen molar-refractivity contribution in [2.45, 2.75) is 37.4 Å². The van der Waals surface area contributed by atoms with Crippen LogP contribution in [0.2, 0.25) is 0 Å². The normalized spacial score (nSPS) is 17.6. The third kappa shape index (κ3) is 5.22. The van der Waals surface area contributed by atoms with E-state index in [1.807, 2.05) is 6.07 Å². The van der Waals surface area contributed by atoms with Crippen LogP contribution in [0.15, 0.2) is 36.5 Å². The van der Waals surface area contributed by atoms with E-state index in [4.69, 9.17) is 14.7 Å². The quantitative estimate of drug-likeness (QED) is 0.410. The number of aryl methyl sites for hydroxylation is 1. The molecule has 1 spiro atoms. The van der Waals surface area contributed by atoms with Crippen molar-refractivity contribution < 1.29 is 32.2 Å². The van der Waals surface area contributed by atoms with Crippen molar-refractivity contribution in [2.75, 3.05) is 26.9 Å². The first-order valence-electron chi connectivity index (χ1n) is 12.5. The van der Waals surface area contributed by atoms with Crippen molar-refractivity contribution in [1.29, 1.82) is 5.26 Å². The number of nitrogens with zero attached hydrogens (tertiary/aromatic N) is 4. The molecule has 40 heavy (non-hydrogen) atoms. The molecule has 0 bridgehead atoms. The summed E-state index contributed by atoms with van der Waals surface area (Å²) in [6.45, 7) is -0.639. The monoisotopic (exact) mass is 554 g/mol. The first kappa shape index (κ1) is 27.1. The fraction of sp³-hybridized carbons (Fsp3) is 0.370. The number of alkyl halides is 3. The molecule has 5 rings (SSSR count). The molecule has 1 aromatic carbocycles. The van der Waals surface area contributed by atoms with Gasteiger partial charge < -0.3 is 20.1 Å². The average Bonchev–Trinajstić information content (AvgIpc) is 3.48. The molecule has 2 amide bonds. The van der Waals surface area contributed by atoms with Gasteiger partial charge in [-0.25, -0.2) is 9.67 Å². The van der Waals surface area contributed by atoms with E-state index in [0.717, 1.165) is 11.1 Å². The van der Waals surface area contributed by atoms with Gasteiger partial charge >= 0.3 is 6.18 Å². The standard InChI is InChI=1S/C27H25F3N6O4/c1-39-10-2-9-32-25(38)23-22-20(35-36(23)21-6-3-16(13-31)14-33-21)12-26(34-24(22)37)8-7-17-11-18(4-5-19(17)26)40-15-27(28,29)30/h3-6,11,14H,2,7-10,12,15H2,1H3,(H,32,38)(H,34,37)/t26-/m0/s1. The van der Waals surface area contributed by atoms with Crippen LogP contribution in [0.5, 0.6) is 5.75 Å². The molecule has 2 aliphatic rings. The second kappa shape index (κ2) is 10.6. The Morgan fingerprint density at radius 3 is 2.83 bits per heavy atom. The molecule has 1 atom stereocenters. The van der Waals surface area contributed by atoms with Crippen molar-refractivity contribution in [3.8, 4) is 17.6 Å². The molecule has 0 fully saturated rings. The van der Waals surface area contributed by atoms with Crippen molar-refractivity contribution in [3.63, 3.8) is 0 Å². The number of hydrogen-bond donors (Lipinski definition) is 2. The van der Waals surface area contributed by atoms with Gasteiger partial charge in [0.2, 0.25) is 0 Å². The molecular formula is C27H25F3N6O4. The number of fused-ring (bicyclic) bond motifs is 3. The molecule has 13 heteroatoms. The van der Waals surface area contributed by atoms with E-state index in [1.165, 1.54) is 23.0 Å². The van der Waals surface area contributed by atoms with Crippen LogP contribution >= 0.6 is 0 Å². The van der Waals surface area contributed by atoms with Crippen molar-refractivity contribution in [3.05, 3.63) is 70.2 Å². The first-order valence-corrected chi connectivity index (χ1v) is 12.5. The molecule has 10 nitrogen and oxygen atoms in total. The summed E-state index contributed by atoms with van der Waals surface area (Å²) in [5, 5.41) is 19.6. The summed E-state index contributed by atoms with van der Waals surface area (Å²) < 4.78 is 49.1. The van der Waals surface area contributed by atoms with E-state index >= 15 is 0 Å². The second-order valence-corrected chi connectivity index (χ2v) is 9.64. The second-order valence-electron chi connectivity index (χ2n) is 9.64. The highest BCUT2D eigenvalue weighted by molar-refractivity contribution is 6.08. The zero-order valence-corrected chi connectivity index (χ0v) is 21.5. The zero-order chi connectivity index (χ0) is 28.5. The van der Waals surface area contributed by atoms with Crippen LogP contribution in [0.3, 0.4) is 0 Å². The van der Waals surface area contributed by atoms with Crippen LogP contribution in [-0.2, 0) is 23.1 Å². The Hall–Kier alpha value is -4.44. The van der Waals surface area contributed by atoms with Gasteiger partial charge in [-0.2, -0.15) is 23.5 Å². The van der Waals surface area contributed by atoms with Crippen LogP contribution in [0, 0.1) is 11.3 Å². The summed E-state index contributed by atoms with van der Waals surface area (Å²) in [4.78, 5) is 31.2. The molecule has 2 N–H and O–H groups in total. The zero-order valence-electron chi connectivity index (χ0n) is 21.5. The molecule has 1 aliphatic carbocycles. The number of nitriles is 1. The molecule has 0 saturated heterocycles. The maximum atomic E-state index is 13.6. The van der Waals surface area contributed by atoms with Crippen molar-refractivity contribution in [2.24, 2.45) is 0 Å². The molecular weight excluding hydrogens is 529 g/mol. The number of carbonyl (C=O) groups excluding carboxylic acids is 2. The summed E-state index contributed by atoms with van der Waals surface area (Å²) in [7, 11) is 1.56. The minimum absolute atomic E-state index is 0.0195. The van der Waals surface area contributed by atoms with Gasteiger partial charge in [0.25, 0.3) is 11.8 Å². The summed E-state index contributed by atoms with van der Waals surface area (Å²) in [5.41, 5.74) is 1.55. The maximum absolute atomic E-state index is 13.6. The molecule has 2 aromatic heterocycles. The first-order chi connectivity index (χ1) is 19.1. The number of ether oxygens (including phenoxy) is 2. The fourth-order valence-corrected chi connectivity index (χ4v) is 5.19. The van der Waals surface area contributed by atoms with E-state index in [2.05, 4.69) is 20.7 Å². The Labute approximate surface area is 227 Å². The Bertz CT molecular complexity index is 1500. The number of amides is 2. The molecule has 3 heterocycles. The third-order valence-electron chi connectivity index (χ3n) is 6.94. The van der Waals surface area contributed by atoms with Crippen LogP contribution in [0.1, 0.15) is 56.1 Å². The maximum Gasteiger partial charge on any atom is 0.422 e. The molecule has 1 aliphatic heterocycles. The topological polar surface area (TPSA) is 131 Å². The molecule has 208 valence electrons. The SMILES string of the molecule is COCCCNC(=O)c1c2c(nn1-c1ccc(C#N)cn1)C[C@]1(CCc3cc(OCC(F)(F)F)ccc31)NC2=O. The van der Waals surface area contributed by atoms with Gasteiger partial charge in [-0.3, -0.25) is 9.59 Å². The molecule has 0 unspecified atom stereocenters. The van der Waals surface area contributed by atoms with E-state index in [1.54, 1.807) is 25.3 Å². The predicted molar refractivity (Wildman–Crippen MR) is 134 cm³/mol. The largest absolute Gasteiger partial charge is 0.484 e. The molecule has 3 aromatic rings. The predicted octanol–water partition coefficient (Wildman–Crippen LogP) is 2.97. The summed E-state index contributed by atoms with van der Waals surface area (Å²) in [6.07, 6.45) is -1.27. The van der Waals surface area contributed by atoms with Gasteiger partial charge in [0.1, 0.15) is 17.5 Å². The summed E-state index contributed by atoms with van der Waals surface area (Å²) >= 11 is 0. The van der Waals surface area contributed by atoms with Crippen LogP contribution in [-0.4, -0.2) is 59.6 Å². The van der Waals surface area contributed by atoms with E-state index in [-0.39, 0.29) is 29.2 Å².